The van der Waals surface area contributed by atoms with Gasteiger partial charge in [0.25, 0.3) is 0 Å². The molecule has 1 aliphatic heterocycles. The van der Waals surface area contributed by atoms with Crippen molar-refractivity contribution in [2.45, 2.75) is 13.0 Å². The second kappa shape index (κ2) is 5.32. The van der Waals surface area contributed by atoms with Crippen molar-refractivity contribution in [1.29, 1.82) is 0 Å². The van der Waals surface area contributed by atoms with Gasteiger partial charge in [0.15, 0.2) is 5.78 Å². The Morgan fingerprint density at radius 2 is 1.62 bits per heavy atom. The molecule has 1 aliphatic carbocycles. The maximum atomic E-state index is 13.1. The van der Waals surface area contributed by atoms with E-state index in [1.807, 2.05) is 0 Å². The lowest BCUT2D eigenvalue weighted by atomic mass is 9.80. The minimum Gasteiger partial charge on any atom is -0.506 e. The Morgan fingerprint density at radius 3 is 2.27 bits per heavy atom. The molecule has 0 aromatic heterocycles. The van der Waals surface area contributed by atoms with Crippen LogP contribution in [0.2, 0.25) is 0 Å². The molecule has 132 valence electrons. The molecule has 0 saturated carbocycles. The zero-order valence-electron chi connectivity index (χ0n) is 14.2. The quantitative estimate of drug-likeness (QED) is 0.706. The second-order valence-electron chi connectivity index (χ2n) is 6.07. The average molecular weight is 354 g/mol. The summed E-state index contributed by atoms with van der Waals surface area (Å²) in [5, 5.41) is 10.6. The lowest BCUT2D eigenvalue weighted by Gasteiger charge is -2.22. The van der Waals surface area contributed by atoms with Crippen molar-refractivity contribution in [3.63, 3.8) is 0 Å². The Morgan fingerprint density at radius 1 is 0.923 bits per heavy atom. The molecule has 4 rings (SSSR count). The number of benzene rings is 2. The third-order valence-corrected chi connectivity index (χ3v) is 4.73. The number of carbonyl (C=O) groups excluding carboxylic acids is 3. The molecule has 26 heavy (non-hydrogen) atoms. The molecule has 0 spiro atoms. The number of phenols is 1. The van der Waals surface area contributed by atoms with Crippen molar-refractivity contribution in [2.75, 3.05) is 14.2 Å². The summed E-state index contributed by atoms with van der Waals surface area (Å²) in [5.74, 6) is -1.80. The van der Waals surface area contributed by atoms with Gasteiger partial charge >= 0.3 is 5.97 Å². The van der Waals surface area contributed by atoms with Crippen LogP contribution < -0.4 is 9.47 Å². The Labute approximate surface area is 148 Å². The van der Waals surface area contributed by atoms with Crippen LogP contribution in [-0.4, -0.2) is 36.9 Å². The third-order valence-electron chi connectivity index (χ3n) is 4.73. The van der Waals surface area contributed by atoms with Gasteiger partial charge in [-0.25, -0.2) is 4.79 Å². The van der Waals surface area contributed by atoms with E-state index >= 15 is 0 Å². The van der Waals surface area contributed by atoms with E-state index in [0.717, 1.165) is 0 Å². The number of ether oxygens (including phenoxy) is 3. The molecule has 0 unspecified atom stereocenters. The maximum absolute atomic E-state index is 13.1. The summed E-state index contributed by atoms with van der Waals surface area (Å²) >= 11 is 0. The number of cyclic esters (lactones) is 1. The molecular weight excluding hydrogens is 340 g/mol. The molecule has 2 aromatic rings. The van der Waals surface area contributed by atoms with Crippen LogP contribution in [0.1, 0.15) is 60.8 Å². The monoisotopic (exact) mass is 354 g/mol. The topological polar surface area (TPSA) is 99.1 Å². The minimum absolute atomic E-state index is 0.0270. The van der Waals surface area contributed by atoms with Crippen LogP contribution in [0.4, 0.5) is 0 Å². The van der Waals surface area contributed by atoms with Crippen molar-refractivity contribution in [1.82, 2.24) is 0 Å². The summed E-state index contributed by atoms with van der Waals surface area (Å²) in [6.45, 7) is 1.63. The first-order valence-corrected chi connectivity index (χ1v) is 7.85. The molecule has 2 aliphatic rings. The van der Waals surface area contributed by atoms with Gasteiger partial charge in [0, 0.05) is 22.8 Å². The molecule has 0 radical (unpaired) electrons. The van der Waals surface area contributed by atoms with Gasteiger partial charge in [0.05, 0.1) is 25.3 Å². The van der Waals surface area contributed by atoms with Crippen LogP contribution >= 0.6 is 0 Å². The van der Waals surface area contributed by atoms with Crippen molar-refractivity contribution in [3.05, 3.63) is 51.6 Å². The first kappa shape index (κ1) is 16.1. The Balaban J connectivity index is 2.05. The summed E-state index contributed by atoms with van der Waals surface area (Å²) in [7, 11) is 2.80. The molecule has 0 amide bonds. The maximum Gasteiger partial charge on any atom is 0.342 e. The van der Waals surface area contributed by atoms with Gasteiger partial charge in [-0.05, 0) is 19.1 Å². The van der Waals surface area contributed by atoms with E-state index < -0.39 is 29.4 Å². The van der Waals surface area contributed by atoms with E-state index in [-0.39, 0.29) is 33.6 Å². The molecular formula is C19H14O7. The molecule has 7 heteroatoms. The summed E-state index contributed by atoms with van der Waals surface area (Å²) < 4.78 is 15.5. The minimum atomic E-state index is -0.722. The summed E-state index contributed by atoms with van der Waals surface area (Å²) in [6.07, 6.45) is -0.613. The predicted octanol–water partition coefficient (Wildman–Crippen LogP) is 2.42. The molecule has 1 heterocycles. The number of fused-ring (bicyclic) bond motifs is 3. The number of carbonyl (C=O) groups is 3. The Kier molecular flexibility index (Phi) is 3.30. The summed E-state index contributed by atoms with van der Waals surface area (Å²) in [6, 6.07) is 4.38. The van der Waals surface area contributed by atoms with Gasteiger partial charge in [-0.2, -0.15) is 0 Å². The van der Waals surface area contributed by atoms with E-state index in [2.05, 4.69) is 0 Å². The normalized spacial score (nSPS) is 17.3. The van der Waals surface area contributed by atoms with Gasteiger partial charge in [-0.3, -0.25) is 9.59 Å². The summed E-state index contributed by atoms with van der Waals surface area (Å²) in [5.41, 5.74) is 0.269. The van der Waals surface area contributed by atoms with E-state index in [0.29, 0.717) is 11.3 Å². The number of aromatic hydroxyl groups is 1. The average Bonchev–Trinajstić information content (AvgIpc) is 2.92. The lowest BCUT2D eigenvalue weighted by Crippen LogP contribution is -2.23. The highest BCUT2D eigenvalue weighted by Crippen LogP contribution is 2.45. The molecule has 2 aromatic carbocycles. The van der Waals surface area contributed by atoms with Gasteiger partial charge in [0.2, 0.25) is 5.78 Å². The molecule has 0 bridgehead atoms. The van der Waals surface area contributed by atoms with E-state index in [9.17, 15) is 19.5 Å². The highest BCUT2D eigenvalue weighted by Gasteiger charge is 2.41. The Hall–Kier alpha value is -3.35. The van der Waals surface area contributed by atoms with Crippen LogP contribution in [0.25, 0.3) is 0 Å². The number of ketones is 2. The van der Waals surface area contributed by atoms with Gasteiger partial charge in [-0.1, -0.05) is 0 Å². The highest BCUT2D eigenvalue weighted by molar-refractivity contribution is 6.31. The summed E-state index contributed by atoms with van der Waals surface area (Å²) in [4.78, 5) is 38.1. The first-order valence-electron chi connectivity index (χ1n) is 7.85. The molecule has 0 saturated heterocycles. The van der Waals surface area contributed by atoms with Crippen molar-refractivity contribution >= 4 is 17.5 Å². The fourth-order valence-electron chi connectivity index (χ4n) is 3.47. The van der Waals surface area contributed by atoms with Gasteiger partial charge in [0.1, 0.15) is 28.9 Å². The predicted molar refractivity (Wildman–Crippen MR) is 88.3 cm³/mol. The highest BCUT2D eigenvalue weighted by atomic mass is 16.5. The number of methoxy groups -OCH3 is 2. The van der Waals surface area contributed by atoms with Crippen LogP contribution in [0.15, 0.2) is 18.2 Å². The third kappa shape index (κ3) is 1.91. The van der Waals surface area contributed by atoms with E-state index in [4.69, 9.17) is 14.2 Å². The van der Waals surface area contributed by atoms with Crippen molar-refractivity contribution < 1.29 is 33.7 Å². The van der Waals surface area contributed by atoms with E-state index in [1.165, 1.54) is 32.4 Å². The largest absolute Gasteiger partial charge is 0.506 e. The molecule has 0 fully saturated rings. The molecule has 1 N–H and O–H groups in total. The van der Waals surface area contributed by atoms with Gasteiger partial charge < -0.3 is 19.3 Å². The Bertz CT molecular complexity index is 1020. The lowest BCUT2D eigenvalue weighted by molar-refractivity contribution is 0.0420. The van der Waals surface area contributed by atoms with E-state index in [1.54, 1.807) is 6.92 Å². The van der Waals surface area contributed by atoms with Gasteiger partial charge in [-0.15, -0.1) is 0 Å². The number of rotatable bonds is 2. The van der Waals surface area contributed by atoms with Crippen molar-refractivity contribution in [3.8, 4) is 17.2 Å². The first-order chi connectivity index (χ1) is 12.4. The number of hydrogen-bond acceptors (Lipinski definition) is 7. The molecule has 7 nitrogen and oxygen atoms in total. The van der Waals surface area contributed by atoms with Crippen molar-refractivity contribution in [2.24, 2.45) is 0 Å². The van der Waals surface area contributed by atoms with Crippen LogP contribution in [0.5, 0.6) is 17.2 Å². The fraction of sp³-hybridized carbons (Fsp3) is 0.211. The zero-order valence-corrected chi connectivity index (χ0v) is 14.2. The zero-order chi connectivity index (χ0) is 18.7. The standard InChI is InChI=1S/C19H14O7/c1-7-9-6-11-14(18(22)15(9)19(23)26-7)17(21)13-10(16(11)20)4-8(24-2)5-12(13)25-3/h4-7,22H,1-3H3/t7-/m0/s1. The smallest absolute Gasteiger partial charge is 0.342 e. The van der Waals surface area contributed by atoms with Crippen LogP contribution in [0, 0.1) is 0 Å². The number of esters is 1. The number of hydrogen-bond donors (Lipinski definition) is 1. The second-order valence-corrected chi connectivity index (χ2v) is 6.07. The SMILES string of the molecule is COc1cc(OC)c2c(c1)C(=O)c1cc3c(c(O)c1C2=O)C(=O)O[C@H]3C. The number of phenolic OH excluding ortho intramolecular Hbond substituents is 1. The fourth-order valence-corrected chi connectivity index (χ4v) is 3.47. The van der Waals surface area contributed by atoms with Crippen LogP contribution in [0.3, 0.4) is 0 Å². The molecule has 1 atom stereocenters. The van der Waals surface area contributed by atoms with Crippen LogP contribution in [-0.2, 0) is 4.74 Å².